The minimum atomic E-state index is -0.440. The average Bonchev–Trinajstić information content (AvgIpc) is 2.83. The Morgan fingerprint density at radius 3 is 2.65 bits per heavy atom. The maximum atomic E-state index is 13.6. The van der Waals surface area contributed by atoms with E-state index in [0.717, 1.165) is 11.8 Å². The maximum absolute atomic E-state index is 13.6. The summed E-state index contributed by atoms with van der Waals surface area (Å²) in [5, 5.41) is 1.78. The van der Waals surface area contributed by atoms with Gasteiger partial charge in [0.05, 0.1) is 9.38 Å². The second-order valence-electron chi connectivity index (χ2n) is 4.57. The monoisotopic (exact) mass is 393 g/mol. The van der Waals surface area contributed by atoms with E-state index in [4.69, 9.17) is 4.74 Å². The fourth-order valence-corrected chi connectivity index (χ4v) is 2.84. The summed E-state index contributed by atoms with van der Waals surface area (Å²) in [6, 6.07) is 11.4. The third kappa shape index (κ3) is 3.62. The molecule has 3 rings (SSSR count). The molecule has 7 heteroatoms. The number of para-hydroxylation sites is 1. The maximum Gasteiger partial charge on any atom is 0.290 e. The van der Waals surface area contributed by atoms with E-state index in [1.165, 1.54) is 6.07 Å². The molecule has 0 radical (unpaired) electrons. The highest BCUT2D eigenvalue weighted by Gasteiger charge is 2.25. The van der Waals surface area contributed by atoms with Gasteiger partial charge in [0.2, 0.25) is 0 Å². The van der Waals surface area contributed by atoms with Crippen LogP contribution in [0.1, 0.15) is 5.56 Å². The predicted octanol–water partition coefficient (Wildman–Crippen LogP) is 4.70. The summed E-state index contributed by atoms with van der Waals surface area (Å²) in [7, 11) is 0. The quantitative estimate of drug-likeness (QED) is 0.767. The molecule has 2 amide bonds. The first kappa shape index (κ1) is 15.8. The normalized spacial score (nSPS) is 15.8. The van der Waals surface area contributed by atoms with Crippen molar-refractivity contribution in [2.75, 3.05) is 0 Å². The summed E-state index contributed by atoms with van der Waals surface area (Å²) in [5.74, 6) is -0.0928. The van der Waals surface area contributed by atoms with Crippen LogP contribution in [0.5, 0.6) is 11.5 Å². The first-order chi connectivity index (χ1) is 11.0. The van der Waals surface area contributed by atoms with Crippen LogP contribution in [-0.2, 0) is 4.79 Å². The molecule has 0 bridgehead atoms. The van der Waals surface area contributed by atoms with Crippen molar-refractivity contribution < 1.29 is 18.7 Å². The molecule has 1 fully saturated rings. The summed E-state index contributed by atoms with van der Waals surface area (Å²) in [4.78, 5) is 23.1. The van der Waals surface area contributed by atoms with Crippen LogP contribution in [0.25, 0.3) is 6.08 Å². The minimum Gasteiger partial charge on any atom is -0.457 e. The highest BCUT2D eigenvalue weighted by molar-refractivity contribution is 9.10. The van der Waals surface area contributed by atoms with Crippen molar-refractivity contribution in [3.05, 3.63) is 63.2 Å². The van der Waals surface area contributed by atoms with Gasteiger partial charge < -0.3 is 4.74 Å². The smallest absolute Gasteiger partial charge is 0.290 e. The number of thioether (sulfide) groups is 1. The third-order valence-corrected chi connectivity index (χ3v) is 4.42. The molecule has 2 aromatic carbocycles. The molecular formula is C16H9BrFNO3S. The zero-order valence-corrected chi connectivity index (χ0v) is 13.9. The molecule has 0 atom stereocenters. The van der Waals surface area contributed by atoms with Crippen LogP contribution in [0.15, 0.2) is 51.8 Å². The van der Waals surface area contributed by atoms with E-state index in [9.17, 15) is 14.0 Å². The Labute approximate surface area is 143 Å². The van der Waals surface area contributed by atoms with E-state index in [0.29, 0.717) is 21.5 Å². The third-order valence-electron chi connectivity index (χ3n) is 2.97. The van der Waals surface area contributed by atoms with Crippen LogP contribution in [0.3, 0.4) is 0 Å². The van der Waals surface area contributed by atoms with Crippen molar-refractivity contribution in [1.29, 1.82) is 0 Å². The first-order valence-electron chi connectivity index (χ1n) is 6.50. The average molecular weight is 394 g/mol. The van der Waals surface area contributed by atoms with Gasteiger partial charge >= 0.3 is 0 Å². The van der Waals surface area contributed by atoms with Crippen LogP contribution in [0.4, 0.5) is 9.18 Å². The summed E-state index contributed by atoms with van der Waals surface area (Å²) >= 11 is 3.91. The zero-order valence-electron chi connectivity index (χ0n) is 11.5. The van der Waals surface area contributed by atoms with Gasteiger partial charge in [0.15, 0.2) is 0 Å². The van der Waals surface area contributed by atoms with E-state index in [2.05, 4.69) is 21.2 Å². The Kier molecular flexibility index (Phi) is 4.49. The molecule has 2 aromatic rings. The number of carbonyl (C=O) groups excluding carboxylic acids is 2. The van der Waals surface area contributed by atoms with Crippen LogP contribution in [-0.4, -0.2) is 11.1 Å². The summed E-state index contributed by atoms with van der Waals surface area (Å²) in [5.41, 5.74) is 0.614. The Balaban J connectivity index is 1.92. The molecule has 0 unspecified atom stereocenters. The number of benzene rings is 2. The second-order valence-corrected chi connectivity index (χ2v) is 6.44. The Bertz CT molecular complexity index is 838. The van der Waals surface area contributed by atoms with Gasteiger partial charge in [0.1, 0.15) is 17.3 Å². The van der Waals surface area contributed by atoms with Crippen molar-refractivity contribution in [3.63, 3.8) is 0 Å². The molecule has 1 saturated heterocycles. The molecule has 0 aliphatic carbocycles. The van der Waals surface area contributed by atoms with E-state index in [-0.39, 0.29) is 4.91 Å². The molecule has 0 spiro atoms. The van der Waals surface area contributed by atoms with E-state index < -0.39 is 17.0 Å². The fourth-order valence-electron chi connectivity index (χ4n) is 1.92. The van der Waals surface area contributed by atoms with Gasteiger partial charge in [-0.05, 0) is 52.0 Å². The molecule has 1 N–H and O–H groups in total. The molecular weight excluding hydrogens is 385 g/mol. The van der Waals surface area contributed by atoms with Crippen LogP contribution < -0.4 is 10.1 Å². The molecule has 1 aliphatic heterocycles. The molecule has 0 saturated carbocycles. The van der Waals surface area contributed by atoms with Crippen molar-refractivity contribution in [2.24, 2.45) is 0 Å². The number of rotatable bonds is 3. The number of ether oxygens (including phenoxy) is 1. The number of imide groups is 1. The number of carbonyl (C=O) groups is 2. The Hall–Kier alpha value is -2.12. The van der Waals surface area contributed by atoms with E-state index in [1.54, 1.807) is 42.5 Å². The first-order valence-corrected chi connectivity index (χ1v) is 8.10. The van der Waals surface area contributed by atoms with E-state index in [1.807, 2.05) is 0 Å². The number of hydrogen-bond donors (Lipinski definition) is 1. The largest absolute Gasteiger partial charge is 0.457 e. The van der Waals surface area contributed by atoms with Crippen LogP contribution in [0.2, 0.25) is 0 Å². The van der Waals surface area contributed by atoms with Gasteiger partial charge in [-0.1, -0.05) is 18.2 Å². The van der Waals surface area contributed by atoms with Crippen LogP contribution >= 0.6 is 27.7 Å². The Morgan fingerprint density at radius 1 is 1.17 bits per heavy atom. The molecule has 1 heterocycles. The zero-order chi connectivity index (χ0) is 16.4. The number of hydrogen-bond acceptors (Lipinski definition) is 4. The molecule has 116 valence electrons. The van der Waals surface area contributed by atoms with Gasteiger partial charge in [-0.2, -0.15) is 0 Å². The minimum absolute atomic E-state index is 0.285. The SMILES string of the molecule is O=C1NC(=O)/C(=C/c2ccccc2Oc2ccc(Br)c(F)c2)S1. The molecule has 23 heavy (non-hydrogen) atoms. The number of nitrogens with one attached hydrogen (secondary N) is 1. The topological polar surface area (TPSA) is 55.4 Å². The predicted molar refractivity (Wildman–Crippen MR) is 89.7 cm³/mol. The highest BCUT2D eigenvalue weighted by Crippen LogP contribution is 2.32. The standard InChI is InChI=1S/C16H9BrFNO3S/c17-11-6-5-10(8-12(11)18)22-13-4-2-1-3-9(13)7-14-15(20)19-16(21)23-14/h1-8H,(H,19,20,21)/b14-7-. The fraction of sp³-hybridized carbons (Fsp3) is 0. The van der Waals surface area contributed by atoms with Crippen LogP contribution in [0, 0.1) is 5.82 Å². The lowest BCUT2D eigenvalue weighted by molar-refractivity contribution is -0.115. The van der Waals surface area contributed by atoms with Gasteiger partial charge in [-0.15, -0.1) is 0 Å². The lowest BCUT2D eigenvalue weighted by Gasteiger charge is -2.09. The number of amides is 2. The summed E-state index contributed by atoms with van der Waals surface area (Å²) < 4.78 is 19.6. The van der Waals surface area contributed by atoms with Gasteiger partial charge in [0, 0.05) is 11.6 Å². The van der Waals surface area contributed by atoms with Gasteiger partial charge in [-0.25, -0.2) is 4.39 Å². The van der Waals surface area contributed by atoms with Crippen molar-refractivity contribution in [1.82, 2.24) is 5.32 Å². The summed E-state index contributed by atoms with van der Waals surface area (Å²) in [6.45, 7) is 0. The van der Waals surface area contributed by atoms with Gasteiger partial charge in [-0.3, -0.25) is 14.9 Å². The molecule has 4 nitrogen and oxygen atoms in total. The molecule has 1 aliphatic rings. The van der Waals surface area contributed by atoms with Gasteiger partial charge in [0.25, 0.3) is 11.1 Å². The lowest BCUT2D eigenvalue weighted by atomic mass is 10.2. The van der Waals surface area contributed by atoms with Crippen molar-refractivity contribution in [3.8, 4) is 11.5 Å². The summed E-state index contributed by atoms with van der Waals surface area (Å²) in [6.07, 6.45) is 1.56. The Morgan fingerprint density at radius 2 is 1.96 bits per heavy atom. The van der Waals surface area contributed by atoms with E-state index >= 15 is 0 Å². The lowest BCUT2D eigenvalue weighted by Crippen LogP contribution is -2.17. The second kappa shape index (κ2) is 6.55. The highest BCUT2D eigenvalue weighted by atomic mass is 79.9. The van der Waals surface area contributed by atoms with Crippen molar-refractivity contribution >= 4 is 44.9 Å². The molecule has 0 aromatic heterocycles. The number of halogens is 2. The van der Waals surface area contributed by atoms with Crippen molar-refractivity contribution in [2.45, 2.75) is 0 Å².